The van der Waals surface area contributed by atoms with Crippen LogP contribution in [0.25, 0.3) is 0 Å². The van der Waals surface area contributed by atoms with Crippen LogP contribution in [0.3, 0.4) is 0 Å². The number of nitrogens with zero attached hydrogens (tertiary/aromatic N) is 2. The Hall–Kier alpha value is -0.750. The molecule has 2 unspecified atom stereocenters. The molecule has 0 aromatic carbocycles. The lowest BCUT2D eigenvalue weighted by molar-refractivity contribution is -0.145. The van der Waals surface area contributed by atoms with Crippen LogP contribution in [-0.4, -0.2) is 58.4 Å². The average molecular weight is 313 g/mol. The number of carbonyl (C=O) groups is 2. The Morgan fingerprint density at radius 2 is 2.10 bits per heavy atom. The normalized spacial score (nSPS) is 28.8. The van der Waals surface area contributed by atoms with E-state index in [2.05, 4.69) is 13.8 Å². The van der Waals surface area contributed by atoms with Crippen molar-refractivity contribution < 1.29 is 9.59 Å². The highest BCUT2D eigenvalue weighted by Gasteiger charge is 2.41. The van der Waals surface area contributed by atoms with Crippen LogP contribution in [0.1, 0.15) is 40.0 Å². The molecule has 6 heteroatoms. The smallest absolute Gasteiger partial charge is 0.246 e. The summed E-state index contributed by atoms with van der Waals surface area (Å²) in [7, 11) is 0. The first-order valence-electron chi connectivity index (χ1n) is 7.78. The number of nitrogens with two attached hydrogens (primary N) is 1. The van der Waals surface area contributed by atoms with Gasteiger partial charge in [0, 0.05) is 31.3 Å². The van der Waals surface area contributed by atoms with Gasteiger partial charge in [0.25, 0.3) is 0 Å². The number of amides is 2. The standard InChI is InChI=1S/C15H27N3O2S/c1-4-5-13(19)18-10-21-8-11(18)14(20)17-7-6-12(16)15(2,3)9-17/h11-12H,4-10,16H2,1-3H3. The molecule has 5 nitrogen and oxygen atoms in total. The number of rotatable bonds is 3. The molecule has 2 heterocycles. The Labute approximate surface area is 131 Å². The Kier molecular flexibility index (Phi) is 5.20. The summed E-state index contributed by atoms with van der Waals surface area (Å²) in [5, 5.41) is 0. The Balaban J connectivity index is 2.03. The van der Waals surface area contributed by atoms with Gasteiger partial charge >= 0.3 is 0 Å². The van der Waals surface area contributed by atoms with E-state index in [1.54, 1.807) is 16.7 Å². The molecular formula is C15H27N3O2S. The predicted molar refractivity (Wildman–Crippen MR) is 85.8 cm³/mol. The lowest BCUT2D eigenvalue weighted by Gasteiger charge is -2.43. The van der Waals surface area contributed by atoms with Gasteiger partial charge in [-0.05, 0) is 18.3 Å². The van der Waals surface area contributed by atoms with Crippen LogP contribution >= 0.6 is 11.8 Å². The van der Waals surface area contributed by atoms with Crippen LogP contribution in [0.15, 0.2) is 0 Å². The minimum atomic E-state index is -0.279. The molecule has 2 aliphatic rings. The van der Waals surface area contributed by atoms with Crippen LogP contribution in [0.2, 0.25) is 0 Å². The zero-order valence-corrected chi connectivity index (χ0v) is 14.1. The number of hydrogen-bond donors (Lipinski definition) is 1. The predicted octanol–water partition coefficient (Wildman–Crippen LogP) is 1.27. The van der Waals surface area contributed by atoms with Gasteiger partial charge in [0.1, 0.15) is 6.04 Å². The van der Waals surface area contributed by atoms with Crippen molar-refractivity contribution in [2.24, 2.45) is 11.1 Å². The van der Waals surface area contributed by atoms with Crippen LogP contribution in [0.4, 0.5) is 0 Å². The quantitative estimate of drug-likeness (QED) is 0.852. The summed E-state index contributed by atoms with van der Waals surface area (Å²) < 4.78 is 0. The van der Waals surface area contributed by atoms with E-state index in [9.17, 15) is 9.59 Å². The maximum atomic E-state index is 12.8. The molecule has 0 aromatic rings. The van der Waals surface area contributed by atoms with Crippen molar-refractivity contribution in [3.63, 3.8) is 0 Å². The fraction of sp³-hybridized carbons (Fsp3) is 0.867. The molecule has 0 bridgehead atoms. The molecular weight excluding hydrogens is 286 g/mol. The number of likely N-dealkylation sites (tertiary alicyclic amines) is 1. The third-order valence-electron chi connectivity index (χ3n) is 4.58. The summed E-state index contributed by atoms with van der Waals surface area (Å²) in [6.45, 7) is 7.61. The molecule has 21 heavy (non-hydrogen) atoms. The first-order chi connectivity index (χ1) is 9.86. The lowest BCUT2D eigenvalue weighted by Crippen LogP contribution is -2.58. The van der Waals surface area contributed by atoms with Gasteiger partial charge in [-0.15, -0.1) is 11.8 Å². The number of hydrogen-bond acceptors (Lipinski definition) is 4. The number of carbonyl (C=O) groups excluding carboxylic acids is 2. The van der Waals surface area contributed by atoms with Crippen molar-refractivity contribution in [1.82, 2.24) is 9.80 Å². The van der Waals surface area contributed by atoms with Gasteiger partial charge in [-0.1, -0.05) is 20.8 Å². The topological polar surface area (TPSA) is 66.6 Å². The van der Waals surface area contributed by atoms with Crippen LogP contribution in [0, 0.1) is 5.41 Å². The third-order valence-corrected chi connectivity index (χ3v) is 5.59. The van der Waals surface area contributed by atoms with E-state index in [0.717, 1.165) is 18.6 Å². The monoisotopic (exact) mass is 313 g/mol. The van der Waals surface area contributed by atoms with E-state index in [4.69, 9.17) is 5.73 Å². The maximum absolute atomic E-state index is 12.8. The van der Waals surface area contributed by atoms with Gasteiger partial charge in [0.2, 0.25) is 11.8 Å². The summed E-state index contributed by atoms with van der Waals surface area (Å²) in [6.07, 6.45) is 2.19. The first-order valence-corrected chi connectivity index (χ1v) is 8.94. The van der Waals surface area contributed by atoms with Gasteiger partial charge < -0.3 is 15.5 Å². The molecule has 2 atom stereocenters. The molecule has 2 fully saturated rings. The van der Waals surface area contributed by atoms with Crippen molar-refractivity contribution in [1.29, 1.82) is 0 Å². The second kappa shape index (κ2) is 6.57. The van der Waals surface area contributed by atoms with Crippen molar-refractivity contribution in [2.75, 3.05) is 24.7 Å². The van der Waals surface area contributed by atoms with Crippen molar-refractivity contribution >= 4 is 23.6 Å². The van der Waals surface area contributed by atoms with Gasteiger partial charge in [-0.25, -0.2) is 0 Å². The molecule has 2 rings (SSSR count). The van der Waals surface area contributed by atoms with Gasteiger partial charge in [0.05, 0.1) is 5.88 Å². The van der Waals surface area contributed by atoms with Gasteiger partial charge in [-0.2, -0.15) is 0 Å². The van der Waals surface area contributed by atoms with Crippen molar-refractivity contribution in [3.05, 3.63) is 0 Å². The zero-order chi connectivity index (χ0) is 15.6. The summed E-state index contributed by atoms with van der Waals surface area (Å²) in [5.41, 5.74) is 6.08. The molecule has 2 amide bonds. The van der Waals surface area contributed by atoms with E-state index < -0.39 is 0 Å². The number of piperidine rings is 1. The highest BCUT2D eigenvalue weighted by atomic mass is 32.2. The van der Waals surface area contributed by atoms with Crippen LogP contribution in [0.5, 0.6) is 0 Å². The van der Waals surface area contributed by atoms with E-state index in [1.165, 1.54) is 0 Å². The summed E-state index contributed by atoms with van der Waals surface area (Å²) in [4.78, 5) is 28.6. The Morgan fingerprint density at radius 1 is 1.38 bits per heavy atom. The van der Waals surface area contributed by atoms with E-state index in [0.29, 0.717) is 25.4 Å². The lowest BCUT2D eigenvalue weighted by atomic mass is 9.79. The van der Waals surface area contributed by atoms with Crippen molar-refractivity contribution in [3.8, 4) is 0 Å². The second-order valence-electron chi connectivity index (χ2n) is 6.77. The number of thioether (sulfide) groups is 1. The molecule has 120 valence electrons. The molecule has 2 saturated heterocycles. The van der Waals surface area contributed by atoms with E-state index >= 15 is 0 Å². The Bertz CT molecular complexity index is 414. The molecule has 0 aromatic heterocycles. The zero-order valence-electron chi connectivity index (χ0n) is 13.3. The average Bonchev–Trinajstić information content (AvgIpc) is 2.90. The fourth-order valence-corrected chi connectivity index (χ4v) is 4.20. The summed E-state index contributed by atoms with van der Waals surface area (Å²) in [6, 6.07) is -0.142. The van der Waals surface area contributed by atoms with Gasteiger partial charge in [-0.3, -0.25) is 9.59 Å². The molecule has 2 N–H and O–H groups in total. The first kappa shape index (κ1) is 16.6. The summed E-state index contributed by atoms with van der Waals surface area (Å²) in [5.74, 6) is 1.57. The SMILES string of the molecule is CCCC(=O)N1CSCC1C(=O)N1CCC(N)C(C)(C)C1. The molecule has 2 aliphatic heterocycles. The fourth-order valence-electron chi connectivity index (χ4n) is 3.02. The second-order valence-corrected chi connectivity index (χ2v) is 7.77. The highest BCUT2D eigenvalue weighted by Crippen LogP contribution is 2.30. The van der Waals surface area contributed by atoms with Crippen molar-refractivity contribution in [2.45, 2.75) is 52.1 Å². The minimum Gasteiger partial charge on any atom is -0.340 e. The largest absolute Gasteiger partial charge is 0.340 e. The van der Waals surface area contributed by atoms with Crippen LogP contribution < -0.4 is 5.73 Å². The van der Waals surface area contributed by atoms with E-state index in [-0.39, 0.29) is 29.3 Å². The highest BCUT2D eigenvalue weighted by molar-refractivity contribution is 7.99. The van der Waals surface area contributed by atoms with E-state index in [1.807, 2.05) is 11.8 Å². The van der Waals surface area contributed by atoms with Gasteiger partial charge in [0.15, 0.2) is 0 Å². The Morgan fingerprint density at radius 3 is 2.71 bits per heavy atom. The molecule has 0 aliphatic carbocycles. The third kappa shape index (κ3) is 3.54. The minimum absolute atomic E-state index is 0.0576. The summed E-state index contributed by atoms with van der Waals surface area (Å²) >= 11 is 1.67. The molecule has 0 radical (unpaired) electrons. The van der Waals surface area contributed by atoms with Crippen LogP contribution in [-0.2, 0) is 9.59 Å². The maximum Gasteiger partial charge on any atom is 0.246 e. The molecule has 0 saturated carbocycles. The molecule has 0 spiro atoms.